The lowest BCUT2D eigenvalue weighted by molar-refractivity contribution is -0.123. The number of anilines is 1. The minimum Gasteiger partial charge on any atom is -0.351 e. The van der Waals surface area contributed by atoms with Crippen molar-refractivity contribution in [2.24, 2.45) is 11.7 Å². The molecule has 1 aliphatic rings. The number of piperidine rings is 1. The molecule has 0 saturated carbocycles. The van der Waals surface area contributed by atoms with Crippen LogP contribution in [0.4, 0.5) is 5.69 Å². The Kier molecular flexibility index (Phi) is 6.16. The minimum atomic E-state index is -0.467. The molecule has 0 aromatic heterocycles. The van der Waals surface area contributed by atoms with Gasteiger partial charge in [0, 0.05) is 25.2 Å². The summed E-state index contributed by atoms with van der Waals surface area (Å²) in [6.45, 7) is 5.25. The second-order valence-corrected chi connectivity index (χ2v) is 6.30. The monoisotopic (exact) mass is 317 g/mol. The van der Waals surface area contributed by atoms with E-state index >= 15 is 0 Å². The van der Waals surface area contributed by atoms with Crippen LogP contribution in [0.3, 0.4) is 0 Å². The van der Waals surface area contributed by atoms with Crippen LogP contribution in [-0.2, 0) is 16.1 Å². The third-order valence-corrected chi connectivity index (χ3v) is 4.60. The largest absolute Gasteiger partial charge is 0.351 e. The summed E-state index contributed by atoms with van der Waals surface area (Å²) in [6.07, 6.45) is 3.55. The maximum absolute atomic E-state index is 12.0. The van der Waals surface area contributed by atoms with E-state index in [9.17, 15) is 9.59 Å². The Labute approximate surface area is 138 Å². The fraction of sp³-hybridized carbons (Fsp3) is 0.556. The summed E-state index contributed by atoms with van der Waals surface area (Å²) in [5.74, 6) is 0.244. The van der Waals surface area contributed by atoms with Gasteiger partial charge in [0.15, 0.2) is 0 Å². The van der Waals surface area contributed by atoms with Crippen LogP contribution in [0.15, 0.2) is 24.3 Å². The van der Waals surface area contributed by atoms with Crippen molar-refractivity contribution in [2.75, 3.05) is 11.4 Å². The van der Waals surface area contributed by atoms with Gasteiger partial charge < -0.3 is 16.0 Å². The van der Waals surface area contributed by atoms with E-state index in [-0.39, 0.29) is 17.7 Å². The lowest BCUT2D eigenvalue weighted by atomic mass is 9.99. The molecule has 1 aromatic carbocycles. The third kappa shape index (κ3) is 4.55. The smallest absolute Gasteiger partial charge is 0.237 e. The van der Waals surface area contributed by atoms with Crippen molar-refractivity contribution in [1.82, 2.24) is 5.32 Å². The molecule has 5 heteroatoms. The third-order valence-electron chi connectivity index (χ3n) is 4.60. The Hall–Kier alpha value is -1.88. The van der Waals surface area contributed by atoms with E-state index in [0.29, 0.717) is 13.0 Å². The minimum absolute atomic E-state index is 0.116. The Morgan fingerprint density at radius 3 is 2.61 bits per heavy atom. The average Bonchev–Trinajstić information content (AvgIpc) is 2.59. The highest BCUT2D eigenvalue weighted by molar-refractivity contribution is 5.93. The number of carbonyl (C=O) groups is 2. The van der Waals surface area contributed by atoms with Gasteiger partial charge in [0.2, 0.25) is 11.8 Å². The van der Waals surface area contributed by atoms with Crippen LogP contribution in [-0.4, -0.2) is 24.4 Å². The van der Waals surface area contributed by atoms with Crippen molar-refractivity contribution in [2.45, 2.75) is 52.1 Å². The molecule has 2 atom stereocenters. The Morgan fingerprint density at radius 2 is 2.00 bits per heavy atom. The molecule has 2 unspecified atom stereocenters. The van der Waals surface area contributed by atoms with Gasteiger partial charge in [-0.1, -0.05) is 32.4 Å². The van der Waals surface area contributed by atoms with Gasteiger partial charge >= 0.3 is 0 Å². The van der Waals surface area contributed by atoms with Crippen molar-refractivity contribution in [3.05, 3.63) is 29.8 Å². The summed E-state index contributed by atoms with van der Waals surface area (Å²) in [4.78, 5) is 25.7. The van der Waals surface area contributed by atoms with E-state index in [1.165, 1.54) is 0 Å². The number of nitrogens with one attached hydrogen (secondary N) is 1. The Bertz CT molecular complexity index is 542. The average molecular weight is 317 g/mol. The summed E-state index contributed by atoms with van der Waals surface area (Å²) in [6, 6.07) is 7.32. The maximum atomic E-state index is 12.0. The van der Waals surface area contributed by atoms with E-state index in [0.717, 1.165) is 37.1 Å². The summed E-state index contributed by atoms with van der Waals surface area (Å²) < 4.78 is 0. The number of nitrogens with two attached hydrogens (primary N) is 1. The van der Waals surface area contributed by atoms with Gasteiger partial charge in [-0.25, -0.2) is 0 Å². The van der Waals surface area contributed by atoms with Gasteiger partial charge in [-0.3, -0.25) is 9.59 Å². The van der Waals surface area contributed by atoms with Crippen LogP contribution < -0.4 is 16.0 Å². The molecule has 0 aliphatic carbocycles. The summed E-state index contributed by atoms with van der Waals surface area (Å²) in [5, 5.41) is 2.88. The number of benzene rings is 1. The Morgan fingerprint density at radius 1 is 1.30 bits per heavy atom. The zero-order chi connectivity index (χ0) is 16.8. The first-order chi connectivity index (χ1) is 11.0. The lowest BCUT2D eigenvalue weighted by Gasteiger charge is -2.27. The molecule has 0 spiro atoms. The van der Waals surface area contributed by atoms with Gasteiger partial charge in [-0.15, -0.1) is 0 Å². The fourth-order valence-corrected chi connectivity index (χ4v) is 2.69. The number of rotatable bonds is 6. The molecule has 126 valence electrons. The summed E-state index contributed by atoms with van der Waals surface area (Å²) in [7, 11) is 0. The number of hydrogen-bond acceptors (Lipinski definition) is 3. The van der Waals surface area contributed by atoms with Crippen molar-refractivity contribution in [3.63, 3.8) is 0 Å². The first kappa shape index (κ1) is 17.5. The van der Waals surface area contributed by atoms with Gasteiger partial charge in [0.1, 0.15) is 0 Å². The fourth-order valence-electron chi connectivity index (χ4n) is 2.69. The van der Waals surface area contributed by atoms with Crippen LogP contribution >= 0.6 is 0 Å². The van der Waals surface area contributed by atoms with Gasteiger partial charge in [-0.2, -0.15) is 0 Å². The molecular weight excluding hydrogens is 290 g/mol. The number of hydrogen-bond donors (Lipinski definition) is 2. The highest BCUT2D eigenvalue weighted by Crippen LogP contribution is 2.21. The number of nitrogens with zero attached hydrogens (tertiary/aromatic N) is 1. The zero-order valence-electron chi connectivity index (χ0n) is 14.0. The molecule has 1 aromatic rings. The number of carbonyl (C=O) groups excluding carboxylic acids is 2. The molecule has 1 aliphatic heterocycles. The standard InChI is InChI=1S/C18H27N3O2/c1-3-13(2)17(19)18(23)20-12-14-7-9-15(10-8-14)21-11-5-4-6-16(21)22/h7-10,13,17H,3-6,11-12,19H2,1-2H3,(H,20,23). The lowest BCUT2D eigenvalue weighted by Crippen LogP contribution is -2.44. The normalized spacial score (nSPS) is 17.7. The molecule has 2 amide bonds. The first-order valence-electron chi connectivity index (χ1n) is 8.45. The van der Waals surface area contributed by atoms with E-state index in [2.05, 4.69) is 5.32 Å². The van der Waals surface area contributed by atoms with E-state index < -0.39 is 6.04 Å². The first-order valence-corrected chi connectivity index (χ1v) is 8.45. The quantitative estimate of drug-likeness (QED) is 0.844. The molecule has 0 bridgehead atoms. The van der Waals surface area contributed by atoms with Crippen LogP contribution in [0.1, 0.15) is 45.1 Å². The van der Waals surface area contributed by atoms with Crippen LogP contribution in [0.25, 0.3) is 0 Å². The van der Waals surface area contributed by atoms with Gasteiger partial charge in [0.25, 0.3) is 0 Å². The second kappa shape index (κ2) is 8.11. The molecule has 2 rings (SSSR count). The Balaban J connectivity index is 1.90. The highest BCUT2D eigenvalue weighted by Gasteiger charge is 2.20. The van der Waals surface area contributed by atoms with E-state index in [1.807, 2.05) is 43.0 Å². The molecule has 1 saturated heterocycles. The van der Waals surface area contributed by atoms with Crippen molar-refractivity contribution < 1.29 is 9.59 Å². The number of amides is 2. The zero-order valence-corrected chi connectivity index (χ0v) is 14.0. The van der Waals surface area contributed by atoms with Crippen LogP contribution in [0.2, 0.25) is 0 Å². The molecule has 23 heavy (non-hydrogen) atoms. The van der Waals surface area contributed by atoms with Gasteiger partial charge in [0.05, 0.1) is 6.04 Å². The highest BCUT2D eigenvalue weighted by atomic mass is 16.2. The van der Waals surface area contributed by atoms with Gasteiger partial charge in [-0.05, 0) is 36.5 Å². The summed E-state index contributed by atoms with van der Waals surface area (Å²) in [5.41, 5.74) is 7.85. The van der Waals surface area contributed by atoms with Crippen molar-refractivity contribution in [1.29, 1.82) is 0 Å². The molecular formula is C18H27N3O2. The second-order valence-electron chi connectivity index (χ2n) is 6.30. The van der Waals surface area contributed by atoms with Crippen LogP contribution in [0, 0.1) is 5.92 Å². The molecule has 5 nitrogen and oxygen atoms in total. The molecule has 1 heterocycles. The van der Waals surface area contributed by atoms with E-state index in [4.69, 9.17) is 5.73 Å². The predicted molar refractivity (Wildman–Crippen MR) is 91.9 cm³/mol. The van der Waals surface area contributed by atoms with Crippen LogP contribution in [0.5, 0.6) is 0 Å². The molecule has 0 radical (unpaired) electrons. The SMILES string of the molecule is CCC(C)C(N)C(=O)NCc1ccc(N2CCCCC2=O)cc1. The topological polar surface area (TPSA) is 75.4 Å². The summed E-state index contributed by atoms with van der Waals surface area (Å²) >= 11 is 0. The maximum Gasteiger partial charge on any atom is 0.237 e. The van der Waals surface area contributed by atoms with Crippen molar-refractivity contribution in [3.8, 4) is 0 Å². The predicted octanol–water partition coefficient (Wildman–Crippen LogP) is 2.19. The van der Waals surface area contributed by atoms with Crippen molar-refractivity contribution >= 4 is 17.5 Å². The molecule has 3 N–H and O–H groups in total. The van der Waals surface area contributed by atoms with E-state index in [1.54, 1.807) is 0 Å². The molecule has 1 fully saturated rings.